The van der Waals surface area contributed by atoms with E-state index in [1.54, 1.807) is 0 Å². The van der Waals surface area contributed by atoms with Crippen LogP contribution in [0.5, 0.6) is 0 Å². The number of likely N-dealkylation sites (tertiary alicyclic amines) is 1. The Hall–Kier alpha value is -1.29. The highest BCUT2D eigenvalue weighted by Crippen LogP contribution is 2.22. The summed E-state index contributed by atoms with van der Waals surface area (Å²) in [5.74, 6) is 0.711. The summed E-state index contributed by atoms with van der Waals surface area (Å²) in [5, 5.41) is 0. The molecule has 0 spiro atoms. The monoisotopic (exact) mass is 281 g/mol. The number of ether oxygens (including phenoxy) is 2. The van der Waals surface area contributed by atoms with Gasteiger partial charge in [-0.3, -0.25) is 0 Å². The summed E-state index contributed by atoms with van der Waals surface area (Å²) < 4.78 is 23.4. The summed E-state index contributed by atoms with van der Waals surface area (Å²) in [5.41, 5.74) is 1.17. The molecule has 4 heteroatoms. The van der Waals surface area contributed by atoms with Crippen molar-refractivity contribution in [3.63, 3.8) is 0 Å². The van der Waals surface area contributed by atoms with Crippen molar-refractivity contribution in [3.8, 4) is 0 Å². The van der Waals surface area contributed by atoms with Crippen molar-refractivity contribution < 1.29 is 13.9 Å². The molecule has 0 amide bonds. The molecule has 0 N–H and O–H groups in total. The van der Waals surface area contributed by atoms with Gasteiger partial charge in [-0.25, -0.2) is 4.39 Å². The minimum Gasteiger partial charge on any atom is -0.486 e. The van der Waals surface area contributed by atoms with Gasteiger partial charge in [0.25, 0.3) is 0 Å². The Morgan fingerprint density at radius 3 is 2.55 bits per heavy atom. The van der Waals surface area contributed by atoms with Gasteiger partial charge in [0, 0.05) is 0 Å². The largest absolute Gasteiger partial charge is 0.486 e. The molecule has 2 aliphatic rings. The highest BCUT2D eigenvalue weighted by Gasteiger charge is 2.15. The lowest BCUT2D eigenvalue weighted by molar-refractivity contribution is 0.0570. The third-order valence-corrected chi connectivity index (χ3v) is 3.77. The molecule has 0 aromatic heterocycles. The highest BCUT2D eigenvalue weighted by atomic mass is 19.1. The van der Waals surface area contributed by atoms with Gasteiger partial charge in [0.1, 0.15) is 19.5 Å². The molecule has 0 aliphatic carbocycles. The summed E-state index contributed by atoms with van der Waals surface area (Å²) in [6.45, 7) is 6.51. The van der Waals surface area contributed by atoms with Gasteiger partial charge in [-0.1, -0.05) is 6.08 Å². The fourth-order valence-electron chi connectivity index (χ4n) is 2.62. The fourth-order valence-corrected chi connectivity index (χ4v) is 2.62. The molecule has 2 fully saturated rings. The molecule has 2 saturated heterocycles. The maximum atomic E-state index is 12.7. The Morgan fingerprint density at radius 2 is 1.90 bits per heavy atom. The molecule has 3 nitrogen and oxygen atoms in total. The van der Waals surface area contributed by atoms with Crippen LogP contribution in [0.1, 0.15) is 32.6 Å². The third-order valence-electron chi connectivity index (χ3n) is 3.77. The van der Waals surface area contributed by atoms with Crippen LogP contribution in [-0.2, 0) is 9.47 Å². The van der Waals surface area contributed by atoms with Crippen LogP contribution in [0.3, 0.4) is 0 Å². The smallest absolute Gasteiger partial charge is 0.189 e. The second kappa shape index (κ2) is 8.10. The van der Waals surface area contributed by atoms with Gasteiger partial charge >= 0.3 is 0 Å². The van der Waals surface area contributed by atoms with Crippen molar-refractivity contribution in [2.24, 2.45) is 0 Å². The normalized spacial score (nSPS) is 25.0. The topological polar surface area (TPSA) is 21.7 Å². The Balaban J connectivity index is 1.84. The lowest BCUT2D eigenvalue weighted by atomic mass is 10.1. The van der Waals surface area contributed by atoms with Crippen molar-refractivity contribution >= 4 is 0 Å². The van der Waals surface area contributed by atoms with Gasteiger partial charge in [0.05, 0.1) is 0 Å². The lowest BCUT2D eigenvalue weighted by Gasteiger charge is -2.20. The van der Waals surface area contributed by atoms with E-state index in [2.05, 4.69) is 11.0 Å². The molecular weight excluding hydrogens is 257 g/mol. The van der Waals surface area contributed by atoms with Crippen molar-refractivity contribution in [2.45, 2.75) is 32.6 Å². The van der Waals surface area contributed by atoms with E-state index >= 15 is 0 Å². The Labute approximate surface area is 120 Å². The Bertz CT molecular complexity index is 395. The van der Waals surface area contributed by atoms with Crippen LogP contribution in [-0.4, -0.2) is 37.7 Å². The summed E-state index contributed by atoms with van der Waals surface area (Å²) in [7, 11) is 0. The summed E-state index contributed by atoms with van der Waals surface area (Å²) in [4.78, 5) is 2.51. The van der Waals surface area contributed by atoms with Gasteiger partial charge in [-0.05, 0) is 63.9 Å². The summed E-state index contributed by atoms with van der Waals surface area (Å²) in [6, 6.07) is 0. The SMILES string of the molecule is C\C=C(/C=C1/OCCO/C1=C\F)CCCN1CCCC1. The number of halogens is 1. The molecular formula is C16H24FNO2. The first-order valence-corrected chi connectivity index (χ1v) is 7.49. The second-order valence-electron chi connectivity index (χ2n) is 5.19. The number of rotatable bonds is 5. The van der Waals surface area contributed by atoms with Crippen molar-refractivity contribution in [3.05, 3.63) is 35.6 Å². The highest BCUT2D eigenvalue weighted by molar-refractivity contribution is 5.30. The molecule has 0 aromatic rings. The molecule has 2 rings (SSSR count). The average molecular weight is 281 g/mol. The van der Waals surface area contributed by atoms with Crippen LogP contribution >= 0.6 is 0 Å². The molecule has 0 unspecified atom stereocenters. The predicted octanol–water partition coefficient (Wildman–Crippen LogP) is 3.55. The zero-order valence-electron chi connectivity index (χ0n) is 12.2. The molecule has 0 saturated carbocycles. The lowest BCUT2D eigenvalue weighted by Crippen LogP contribution is -2.20. The zero-order valence-corrected chi connectivity index (χ0v) is 12.2. The minimum atomic E-state index is 0.204. The van der Waals surface area contributed by atoms with Crippen LogP contribution in [0.25, 0.3) is 0 Å². The maximum Gasteiger partial charge on any atom is 0.189 e. The van der Waals surface area contributed by atoms with E-state index in [0.717, 1.165) is 19.4 Å². The van der Waals surface area contributed by atoms with Crippen LogP contribution < -0.4 is 0 Å². The van der Waals surface area contributed by atoms with E-state index in [1.165, 1.54) is 31.5 Å². The van der Waals surface area contributed by atoms with Crippen molar-refractivity contribution in [1.29, 1.82) is 0 Å². The van der Waals surface area contributed by atoms with Crippen LogP contribution in [0.4, 0.5) is 4.39 Å². The van der Waals surface area contributed by atoms with E-state index in [4.69, 9.17) is 9.47 Å². The third kappa shape index (κ3) is 4.37. The first-order chi connectivity index (χ1) is 9.83. The zero-order chi connectivity index (χ0) is 14.2. The van der Waals surface area contributed by atoms with Gasteiger partial charge in [0.15, 0.2) is 11.5 Å². The quantitative estimate of drug-likeness (QED) is 0.769. The fraction of sp³-hybridized carbons (Fsp3) is 0.625. The van der Waals surface area contributed by atoms with E-state index < -0.39 is 0 Å². The number of nitrogens with zero attached hydrogens (tertiary/aromatic N) is 1. The van der Waals surface area contributed by atoms with E-state index in [-0.39, 0.29) is 5.76 Å². The number of hydrogen-bond acceptors (Lipinski definition) is 3. The first-order valence-electron chi connectivity index (χ1n) is 7.49. The minimum absolute atomic E-state index is 0.204. The van der Waals surface area contributed by atoms with Gasteiger partial charge < -0.3 is 14.4 Å². The van der Waals surface area contributed by atoms with Crippen LogP contribution in [0, 0.1) is 0 Å². The average Bonchev–Trinajstić information content (AvgIpc) is 3.00. The Kier molecular flexibility index (Phi) is 6.12. The molecule has 0 atom stereocenters. The van der Waals surface area contributed by atoms with Gasteiger partial charge in [0.2, 0.25) is 0 Å². The number of hydrogen-bond donors (Lipinski definition) is 0. The van der Waals surface area contributed by atoms with Crippen molar-refractivity contribution in [1.82, 2.24) is 4.90 Å². The van der Waals surface area contributed by atoms with E-state index in [1.807, 2.05) is 13.0 Å². The molecule has 2 aliphatic heterocycles. The van der Waals surface area contributed by atoms with Crippen LogP contribution in [0.2, 0.25) is 0 Å². The van der Waals surface area contributed by atoms with Gasteiger partial charge in [-0.15, -0.1) is 0 Å². The molecule has 0 bridgehead atoms. The summed E-state index contributed by atoms with van der Waals surface area (Å²) in [6.07, 6.45) is 9.20. The molecule has 20 heavy (non-hydrogen) atoms. The predicted molar refractivity (Wildman–Crippen MR) is 77.8 cm³/mol. The Morgan fingerprint density at radius 1 is 1.20 bits per heavy atom. The maximum absolute atomic E-state index is 12.7. The van der Waals surface area contributed by atoms with Crippen molar-refractivity contribution in [2.75, 3.05) is 32.8 Å². The number of allylic oxidation sites excluding steroid dienone is 3. The first kappa shape index (κ1) is 15.1. The molecule has 112 valence electrons. The molecule has 0 aromatic carbocycles. The molecule has 0 radical (unpaired) electrons. The molecule has 2 heterocycles. The van der Waals surface area contributed by atoms with E-state index in [0.29, 0.717) is 25.3 Å². The summed E-state index contributed by atoms with van der Waals surface area (Å²) >= 11 is 0. The van der Waals surface area contributed by atoms with Crippen LogP contribution in [0.15, 0.2) is 35.6 Å². The second-order valence-corrected chi connectivity index (χ2v) is 5.19. The van der Waals surface area contributed by atoms with E-state index in [9.17, 15) is 4.39 Å². The standard InChI is InChI=1S/C16H24FNO2/c1-2-14(6-5-9-18-7-3-4-8-18)12-15-16(13-17)20-11-10-19-15/h2,12-13H,3-11H2,1H3/b14-2-,15-12+,16-13-. The van der Waals surface area contributed by atoms with Gasteiger partial charge in [-0.2, -0.15) is 0 Å².